The molecule has 2 heterocycles. The van der Waals surface area contributed by atoms with Crippen molar-refractivity contribution in [3.8, 4) is 0 Å². The molecule has 0 fully saturated rings. The largest absolute Gasteiger partial charge is 0.338 e. The second-order valence-electron chi connectivity index (χ2n) is 6.62. The van der Waals surface area contributed by atoms with Gasteiger partial charge in [-0.2, -0.15) is 0 Å². The molecule has 2 N–H and O–H groups in total. The number of aromatic nitrogens is 4. The van der Waals surface area contributed by atoms with E-state index in [-0.39, 0.29) is 11.7 Å². The Balaban J connectivity index is 1.55. The molecule has 0 aliphatic carbocycles. The molecule has 0 spiro atoms. The fourth-order valence-electron chi connectivity index (χ4n) is 3.03. The van der Waals surface area contributed by atoms with Crippen LogP contribution in [0.5, 0.6) is 0 Å². The average Bonchev–Trinajstić information content (AvgIpc) is 3.01. The van der Waals surface area contributed by atoms with Crippen LogP contribution in [0.25, 0.3) is 22.1 Å². The van der Waals surface area contributed by atoms with Crippen molar-refractivity contribution in [3.05, 3.63) is 53.3 Å². The fraction of sp³-hybridized carbons (Fsp3) is 0.200. The van der Waals surface area contributed by atoms with Gasteiger partial charge in [-0.15, -0.1) is 10.2 Å². The summed E-state index contributed by atoms with van der Waals surface area (Å²) in [6.45, 7) is 5.71. The van der Waals surface area contributed by atoms with E-state index in [1.54, 1.807) is 13.0 Å². The minimum Gasteiger partial charge on any atom is -0.338 e. The molecule has 0 unspecified atom stereocenters. The SMILES string of the molecule is Cc1cccc(C)c1NC(=O)[C@H](C)Sc1nnc2c(n1)[nH]c1ccc(F)cc12. The number of rotatable bonds is 4. The number of fused-ring (bicyclic) bond motifs is 3. The molecular formula is C20H18FN5OS. The van der Waals surface area contributed by atoms with Gasteiger partial charge >= 0.3 is 0 Å². The van der Waals surface area contributed by atoms with Gasteiger partial charge in [0.05, 0.1) is 5.25 Å². The number of para-hydroxylation sites is 1. The fourth-order valence-corrected chi connectivity index (χ4v) is 3.74. The summed E-state index contributed by atoms with van der Waals surface area (Å²) in [7, 11) is 0. The van der Waals surface area contributed by atoms with E-state index in [0.717, 1.165) is 22.3 Å². The number of carbonyl (C=O) groups excluding carboxylic acids is 1. The maximum atomic E-state index is 13.5. The van der Waals surface area contributed by atoms with Crippen molar-refractivity contribution < 1.29 is 9.18 Å². The molecule has 6 nitrogen and oxygen atoms in total. The molecular weight excluding hydrogens is 377 g/mol. The highest BCUT2D eigenvalue weighted by Crippen LogP contribution is 2.27. The normalized spacial score (nSPS) is 12.4. The highest BCUT2D eigenvalue weighted by molar-refractivity contribution is 8.00. The van der Waals surface area contributed by atoms with Crippen LogP contribution in [-0.2, 0) is 4.79 Å². The Morgan fingerprint density at radius 2 is 1.93 bits per heavy atom. The van der Waals surface area contributed by atoms with Crippen molar-refractivity contribution in [1.82, 2.24) is 20.2 Å². The van der Waals surface area contributed by atoms with Crippen LogP contribution in [0.15, 0.2) is 41.6 Å². The Kier molecular flexibility index (Phi) is 4.72. The van der Waals surface area contributed by atoms with Crippen LogP contribution >= 0.6 is 11.8 Å². The lowest BCUT2D eigenvalue weighted by Gasteiger charge is -2.14. The van der Waals surface area contributed by atoms with Gasteiger partial charge in [0.1, 0.15) is 11.3 Å². The summed E-state index contributed by atoms with van der Waals surface area (Å²) in [5.74, 6) is -0.477. The minimum atomic E-state index is -0.417. The summed E-state index contributed by atoms with van der Waals surface area (Å²) in [4.78, 5) is 20.2. The molecule has 0 saturated heterocycles. The summed E-state index contributed by atoms with van der Waals surface area (Å²) < 4.78 is 13.5. The average molecular weight is 395 g/mol. The quantitative estimate of drug-likeness (QED) is 0.501. The Hall–Kier alpha value is -3.00. The number of amides is 1. The lowest BCUT2D eigenvalue weighted by Crippen LogP contribution is -2.23. The van der Waals surface area contributed by atoms with Gasteiger partial charge in [0.2, 0.25) is 11.1 Å². The first-order valence-electron chi connectivity index (χ1n) is 8.78. The number of hydrogen-bond acceptors (Lipinski definition) is 5. The molecule has 4 rings (SSSR count). The van der Waals surface area contributed by atoms with E-state index < -0.39 is 5.25 Å². The van der Waals surface area contributed by atoms with Crippen molar-refractivity contribution in [2.75, 3.05) is 5.32 Å². The number of H-pyrrole nitrogens is 1. The van der Waals surface area contributed by atoms with Crippen LogP contribution in [0, 0.1) is 19.7 Å². The number of carbonyl (C=O) groups is 1. The molecule has 142 valence electrons. The summed E-state index contributed by atoms with van der Waals surface area (Å²) >= 11 is 1.22. The molecule has 0 bridgehead atoms. The monoisotopic (exact) mass is 395 g/mol. The number of anilines is 1. The van der Waals surface area contributed by atoms with Gasteiger partial charge in [-0.1, -0.05) is 30.0 Å². The van der Waals surface area contributed by atoms with Gasteiger partial charge in [-0.05, 0) is 50.1 Å². The minimum absolute atomic E-state index is 0.134. The summed E-state index contributed by atoms with van der Waals surface area (Å²) in [5.41, 5.74) is 4.60. The number of benzene rings is 2. The first kappa shape index (κ1) is 18.4. The molecule has 0 saturated carbocycles. The summed E-state index contributed by atoms with van der Waals surface area (Å²) in [5, 5.41) is 11.8. The van der Waals surface area contributed by atoms with Gasteiger partial charge < -0.3 is 10.3 Å². The second kappa shape index (κ2) is 7.20. The number of hydrogen-bond donors (Lipinski definition) is 2. The zero-order valence-corrected chi connectivity index (χ0v) is 16.4. The number of halogens is 1. The van der Waals surface area contributed by atoms with Crippen LogP contribution < -0.4 is 5.32 Å². The van der Waals surface area contributed by atoms with Crippen molar-refractivity contribution in [2.24, 2.45) is 0 Å². The van der Waals surface area contributed by atoms with E-state index in [1.165, 1.54) is 23.9 Å². The molecule has 28 heavy (non-hydrogen) atoms. The smallest absolute Gasteiger partial charge is 0.237 e. The predicted octanol–water partition coefficient (Wildman–Crippen LogP) is 4.38. The van der Waals surface area contributed by atoms with Crippen molar-refractivity contribution >= 4 is 45.4 Å². The van der Waals surface area contributed by atoms with E-state index in [0.29, 0.717) is 21.7 Å². The van der Waals surface area contributed by atoms with Gasteiger partial charge in [0.25, 0.3) is 0 Å². The van der Waals surface area contributed by atoms with Crippen molar-refractivity contribution in [3.63, 3.8) is 0 Å². The number of nitrogens with zero attached hydrogens (tertiary/aromatic N) is 3. The number of nitrogens with one attached hydrogen (secondary N) is 2. The third kappa shape index (κ3) is 3.43. The van der Waals surface area contributed by atoms with Gasteiger partial charge in [0, 0.05) is 16.6 Å². The third-order valence-corrected chi connectivity index (χ3v) is 5.49. The molecule has 4 aromatic rings. The maximum absolute atomic E-state index is 13.5. The van der Waals surface area contributed by atoms with Crippen LogP contribution in [-0.4, -0.2) is 31.3 Å². The molecule has 0 radical (unpaired) electrons. The summed E-state index contributed by atoms with van der Waals surface area (Å²) in [6, 6.07) is 10.3. The van der Waals surface area contributed by atoms with E-state index in [2.05, 4.69) is 25.5 Å². The van der Waals surface area contributed by atoms with Crippen LogP contribution in [0.1, 0.15) is 18.1 Å². The van der Waals surface area contributed by atoms with Gasteiger partial charge in [-0.25, -0.2) is 9.37 Å². The van der Waals surface area contributed by atoms with Crippen LogP contribution in [0.4, 0.5) is 10.1 Å². The van der Waals surface area contributed by atoms with E-state index >= 15 is 0 Å². The maximum Gasteiger partial charge on any atom is 0.237 e. The predicted molar refractivity (Wildman–Crippen MR) is 109 cm³/mol. The molecule has 1 atom stereocenters. The lowest BCUT2D eigenvalue weighted by molar-refractivity contribution is -0.115. The Bertz CT molecular complexity index is 1190. The zero-order chi connectivity index (χ0) is 19.8. The number of aromatic amines is 1. The van der Waals surface area contributed by atoms with E-state index in [4.69, 9.17) is 0 Å². The molecule has 0 aliphatic rings. The Morgan fingerprint density at radius 1 is 1.18 bits per heavy atom. The van der Waals surface area contributed by atoms with Crippen LogP contribution in [0.2, 0.25) is 0 Å². The first-order valence-corrected chi connectivity index (χ1v) is 9.66. The highest BCUT2D eigenvalue weighted by atomic mass is 32.2. The molecule has 8 heteroatoms. The number of aryl methyl sites for hydroxylation is 2. The van der Waals surface area contributed by atoms with E-state index in [1.807, 2.05) is 32.0 Å². The number of thioether (sulfide) groups is 1. The molecule has 2 aromatic carbocycles. The highest BCUT2D eigenvalue weighted by Gasteiger charge is 2.19. The second-order valence-corrected chi connectivity index (χ2v) is 7.93. The Labute approximate surface area is 165 Å². The standard InChI is InChI=1S/C20H18FN5OS/c1-10-5-4-6-11(2)16(10)23-19(27)12(3)28-20-24-18-17(25-26-20)14-9-13(21)7-8-15(14)22-18/h4-9,12H,1-3H3,(H,23,27)(H,22,24,26)/t12-/m0/s1. The van der Waals surface area contributed by atoms with Gasteiger partial charge in [0.15, 0.2) is 5.65 Å². The zero-order valence-electron chi connectivity index (χ0n) is 15.6. The third-order valence-electron chi connectivity index (χ3n) is 4.54. The topological polar surface area (TPSA) is 83.6 Å². The van der Waals surface area contributed by atoms with Crippen molar-refractivity contribution in [1.29, 1.82) is 0 Å². The summed E-state index contributed by atoms with van der Waals surface area (Å²) in [6.07, 6.45) is 0. The van der Waals surface area contributed by atoms with Crippen molar-refractivity contribution in [2.45, 2.75) is 31.2 Å². The Morgan fingerprint density at radius 3 is 2.68 bits per heavy atom. The molecule has 2 aromatic heterocycles. The van der Waals surface area contributed by atoms with Gasteiger partial charge in [-0.3, -0.25) is 4.79 Å². The van der Waals surface area contributed by atoms with E-state index in [9.17, 15) is 9.18 Å². The molecule has 0 aliphatic heterocycles. The first-order chi connectivity index (χ1) is 13.4. The lowest BCUT2D eigenvalue weighted by atomic mass is 10.1. The molecule has 1 amide bonds. The van der Waals surface area contributed by atoms with Crippen LogP contribution in [0.3, 0.4) is 0 Å².